The average Bonchev–Trinajstić information content (AvgIpc) is 2.84. The van der Waals surface area contributed by atoms with Gasteiger partial charge in [0.25, 0.3) is 5.91 Å². The van der Waals surface area contributed by atoms with E-state index in [-0.39, 0.29) is 17.8 Å². The van der Waals surface area contributed by atoms with Crippen molar-refractivity contribution in [1.82, 2.24) is 15.1 Å². The molecule has 0 saturated heterocycles. The number of nitrogens with one attached hydrogen (secondary N) is 1. The normalized spacial score (nSPS) is 11.8. The van der Waals surface area contributed by atoms with Crippen LogP contribution in [0.5, 0.6) is 0 Å². The highest BCUT2D eigenvalue weighted by Gasteiger charge is 2.31. The number of rotatable bonds is 5. The van der Waals surface area contributed by atoms with Gasteiger partial charge >= 0.3 is 6.18 Å². The van der Waals surface area contributed by atoms with Crippen LogP contribution in [0.2, 0.25) is 0 Å². The van der Waals surface area contributed by atoms with E-state index < -0.39 is 23.5 Å². The van der Waals surface area contributed by atoms with Gasteiger partial charge in [-0.1, -0.05) is 13.8 Å². The van der Waals surface area contributed by atoms with E-state index in [1.54, 1.807) is 13.1 Å². The SMILES string of the molecule is CC(C)Cc1cc(C(=O)NCc2cc(C(F)(F)F)ccc2F)n(C)n1. The molecule has 0 aliphatic carbocycles. The third kappa shape index (κ3) is 4.80. The van der Waals surface area contributed by atoms with E-state index in [4.69, 9.17) is 0 Å². The Labute approximate surface area is 142 Å². The van der Waals surface area contributed by atoms with Crippen molar-refractivity contribution in [1.29, 1.82) is 0 Å². The van der Waals surface area contributed by atoms with Crippen LogP contribution in [-0.2, 0) is 26.2 Å². The molecule has 0 bridgehead atoms. The first kappa shape index (κ1) is 19.0. The summed E-state index contributed by atoms with van der Waals surface area (Å²) in [6.45, 7) is 3.69. The van der Waals surface area contributed by atoms with Gasteiger partial charge in [0, 0.05) is 19.2 Å². The molecule has 0 fully saturated rings. The number of alkyl halides is 3. The molecule has 0 atom stereocenters. The fourth-order valence-electron chi connectivity index (χ4n) is 2.41. The molecular formula is C17H19F4N3O. The van der Waals surface area contributed by atoms with Crippen LogP contribution in [0, 0.1) is 11.7 Å². The number of benzene rings is 1. The molecule has 8 heteroatoms. The van der Waals surface area contributed by atoms with E-state index in [2.05, 4.69) is 10.4 Å². The van der Waals surface area contributed by atoms with Crippen LogP contribution >= 0.6 is 0 Å². The number of halogens is 4. The van der Waals surface area contributed by atoms with Crippen molar-refractivity contribution < 1.29 is 22.4 Å². The van der Waals surface area contributed by atoms with Gasteiger partial charge in [0.05, 0.1) is 11.3 Å². The maximum absolute atomic E-state index is 13.7. The van der Waals surface area contributed by atoms with Gasteiger partial charge in [-0.15, -0.1) is 0 Å². The molecule has 4 nitrogen and oxygen atoms in total. The number of carbonyl (C=O) groups excluding carboxylic acids is 1. The van der Waals surface area contributed by atoms with E-state index in [1.165, 1.54) is 4.68 Å². The lowest BCUT2D eigenvalue weighted by Gasteiger charge is -2.10. The molecule has 2 aromatic rings. The highest BCUT2D eigenvalue weighted by atomic mass is 19.4. The molecule has 0 spiro atoms. The van der Waals surface area contributed by atoms with Gasteiger partial charge in [0.1, 0.15) is 11.5 Å². The average molecular weight is 357 g/mol. The minimum atomic E-state index is -4.57. The van der Waals surface area contributed by atoms with Crippen LogP contribution in [0.4, 0.5) is 17.6 Å². The molecule has 0 saturated carbocycles. The summed E-state index contributed by atoms with van der Waals surface area (Å²) in [5.41, 5.74) is -0.179. The third-order valence-corrected chi connectivity index (χ3v) is 3.59. The minimum absolute atomic E-state index is 0.229. The summed E-state index contributed by atoms with van der Waals surface area (Å²) in [5.74, 6) is -0.967. The van der Waals surface area contributed by atoms with Crippen molar-refractivity contribution in [3.63, 3.8) is 0 Å². The Morgan fingerprint density at radius 3 is 2.56 bits per heavy atom. The molecule has 1 N–H and O–H groups in total. The molecule has 0 aliphatic rings. The molecule has 2 rings (SSSR count). The second-order valence-electron chi connectivity index (χ2n) is 6.23. The number of aryl methyl sites for hydroxylation is 1. The molecule has 1 amide bonds. The predicted octanol–water partition coefficient (Wildman–Crippen LogP) is 3.71. The van der Waals surface area contributed by atoms with Crippen molar-refractivity contribution >= 4 is 5.91 Å². The Morgan fingerprint density at radius 2 is 1.96 bits per heavy atom. The van der Waals surface area contributed by atoms with Crippen LogP contribution in [0.15, 0.2) is 24.3 Å². The zero-order chi connectivity index (χ0) is 18.8. The van der Waals surface area contributed by atoms with Gasteiger partial charge in [0.2, 0.25) is 0 Å². The Kier molecular flexibility index (Phi) is 5.49. The lowest BCUT2D eigenvalue weighted by Crippen LogP contribution is -2.25. The van der Waals surface area contributed by atoms with E-state index in [0.29, 0.717) is 24.5 Å². The van der Waals surface area contributed by atoms with E-state index >= 15 is 0 Å². The molecule has 1 heterocycles. The van der Waals surface area contributed by atoms with Gasteiger partial charge in [-0.3, -0.25) is 9.48 Å². The summed E-state index contributed by atoms with van der Waals surface area (Å²) in [7, 11) is 1.60. The number of nitrogens with zero attached hydrogens (tertiary/aromatic N) is 2. The molecule has 136 valence electrons. The fourth-order valence-corrected chi connectivity index (χ4v) is 2.41. The zero-order valence-electron chi connectivity index (χ0n) is 14.1. The number of carbonyl (C=O) groups is 1. The van der Waals surface area contributed by atoms with Crippen molar-refractivity contribution in [2.75, 3.05) is 0 Å². The van der Waals surface area contributed by atoms with Crippen molar-refractivity contribution in [2.24, 2.45) is 13.0 Å². The zero-order valence-corrected chi connectivity index (χ0v) is 14.1. The number of amides is 1. The van der Waals surface area contributed by atoms with Gasteiger partial charge in [-0.05, 0) is 36.6 Å². The molecule has 0 radical (unpaired) electrons. The van der Waals surface area contributed by atoms with Gasteiger partial charge in [-0.2, -0.15) is 18.3 Å². The van der Waals surface area contributed by atoms with Gasteiger partial charge in [0.15, 0.2) is 0 Å². The maximum atomic E-state index is 13.7. The molecule has 1 aromatic heterocycles. The van der Waals surface area contributed by atoms with E-state index in [1.807, 2.05) is 13.8 Å². The second-order valence-corrected chi connectivity index (χ2v) is 6.23. The number of hydrogen-bond acceptors (Lipinski definition) is 2. The van der Waals surface area contributed by atoms with Crippen LogP contribution < -0.4 is 5.32 Å². The van der Waals surface area contributed by atoms with Crippen LogP contribution in [0.1, 0.15) is 41.2 Å². The van der Waals surface area contributed by atoms with Crippen LogP contribution in [0.25, 0.3) is 0 Å². The third-order valence-electron chi connectivity index (χ3n) is 3.59. The largest absolute Gasteiger partial charge is 0.416 e. The first-order valence-electron chi connectivity index (χ1n) is 7.74. The first-order valence-corrected chi connectivity index (χ1v) is 7.74. The van der Waals surface area contributed by atoms with Gasteiger partial charge in [-0.25, -0.2) is 4.39 Å². The van der Waals surface area contributed by atoms with E-state index in [0.717, 1.165) is 11.8 Å². The first-order chi connectivity index (χ1) is 11.6. The Hall–Kier alpha value is -2.38. The van der Waals surface area contributed by atoms with Crippen molar-refractivity contribution in [3.8, 4) is 0 Å². The molecule has 25 heavy (non-hydrogen) atoms. The summed E-state index contributed by atoms with van der Waals surface area (Å²) < 4.78 is 53.2. The second kappa shape index (κ2) is 7.25. The Balaban J connectivity index is 2.11. The molecule has 0 unspecified atom stereocenters. The Morgan fingerprint density at radius 1 is 1.28 bits per heavy atom. The number of hydrogen-bond donors (Lipinski definition) is 1. The highest BCUT2D eigenvalue weighted by molar-refractivity contribution is 5.92. The van der Waals surface area contributed by atoms with Crippen molar-refractivity contribution in [2.45, 2.75) is 33.0 Å². The lowest BCUT2D eigenvalue weighted by atomic mass is 10.1. The summed E-state index contributed by atoms with van der Waals surface area (Å²) in [6.07, 6.45) is -3.87. The smallest absolute Gasteiger partial charge is 0.347 e. The topological polar surface area (TPSA) is 46.9 Å². The van der Waals surface area contributed by atoms with Gasteiger partial charge < -0.3 is 5.32 Å². The lowest BCUT2D eigenvalue weighted by molar-refractivity contribution is -0.137. The number of aromatic nitrogens is 2. The van der Waals surface area contributed by atoms with Crippen LogP contribution in [0.3, 0.4) is 0 Å². The quantitative estimate of drug-likeness (QED) is 0.830. The standard InChI is InChI=1S/C17H19F4N3O/c1-10(2)6-13-8-15(24(3)23-13)16(25)22-9-11-7-12(17(19,20)21)4-5-14(11)18/h4-5,7-8,10H,6,9H2,1-3H3,(H,22,25). The molecular weight excluding hydrogens is 338 g/mol. The maximum Gasteiger partial charge on any atom is 0.416 e. The predicted molar refractivity (Wildman–Crippen MR) is 84.3 cm³/mol. The van der Waals surface area contributed by atoms with Crippen molar-refractivity contribution in [3.05, 3.63) is 52.6 Å². The molecule has 0 aliphatic heterocycles. The summed E-state index contributed by atoms with van der Waals surface area (Å²) in [4.78, 5) is 12.2. The Bertz CT molecular complexity index is 766. The fraction of sp³-hybridized carbons (Fsp3) is 0.412. The van der Waals surface area contributed by atoms with Crippen LogP contribution in [-0.4, -0.2) is 15.7 Å². The summed E-state index contributed by atoms with van der Waals surface area (Å²) in [6, 6.07) is 3.73. The summed E-state index contributed by atoms with van der Waals surface area (Å²) >= 11 is 0. The summed E-state index contributed by atoms with van der Waals surface area (Å²) in [5, 5.41) is 6.66. The highest BCUT2D eigenvalue weighted by Crippen LogP contribution is 2.30. The molecule has 1 aromatic carbocycles. The van der Waals surface area contributed by atoms with E-state index in [9.17, 15) is 22.4 Å². The monoisotopic (exact) mass is 357 g/mol. The minimum Gasteiger partial charge on any atom is -0.347 e.